The molecule has 0 fully saturated rings. The van der Waals surface area contributed by atoms with E-state index >= 15 is 0 Å². The Morgan fingerprint density at radius 3 is 1.08 bits per heavy atom. The lowest BCUT2D eigenvalue weighted by atomic mass is 10.0. The summed E-state index contributed by atoms with van der Waals surface area (Å²) < 4.78 is 0. The van der Waals surface area contributed by atoms with Gasteiger partial charge in [0.1, 0.15) is 24.4 Å². The van der Waals surface area contributed by atoms with E-state index < -0.39 is 37.6 Å². The monoisotopic (exact) mass is 182 g/mol. The molecule has 12 heavy (non-hydrogen) atoms. The van der Waals surface area contributed by atoms with Crippen LogP contribution < -0.4 is 0 Å². The van der Waals surface area contributed by atoms with E-state index in [9.17, 15) is 0 Å². The number of hydrogen-bond donors (Lipinski definition) is 6. The molecule has 0 aliphatic rings. The van der Waals surface area contributed by atoms with Crippen LogP contribution in [0.4, 0.5) is 0 Å². The third-order valence-corrected chi connectivity index (χ3v) is 1.51. The standard InChI is InChI=1S/C6H14O6/c7-1-3(9)5(11)6(12)4(10)2-8/h3-12H,1-2H2/t3?,4?,5-,6?/m0/s1. The van der Waals surface area contributed by atoms with Gasteiger partial charge in [0.15, 0.2) is 0 Å². The molecule has 0 saturated heterocycles. The van der Waals surface area contributed by atoms with E-state index in [0.29, 0.717) is 0 Å². The maximum absolute atomic E-state index is 8.96. The molecule has 6 N–H and O–H groups in total. The molecule has 0 amide bonds. The molecule has 0 bridgehead atoms. The van der Waals surface area contributed by atoms with Gasteiger partial charge in [0.25, 0.3) is 0 Å². The summed E-state index contributed by atoms with van der Waals surface area (Å²) in [6.45, 7) is -1.45. The fraction of sp³-hybridized carbons (Fsp3) is 1.00. The average Bonchev–Trinajstić information content (AvgIpc) is 2.12. The molecule has 0 aromatic rings. The summed E-state index contributed by atoms with van der Waals surface area (Å²) in [5.41, 5.74) is 0. The minimum absolute atomic E-state index is 0.726. The molecule has 0 heterocycles. The quantitative estimate of drug-likeness (QED) is 0.261. The Morgan fingerprint density at radius 2 is 0.917 bits per heavy atom. The van der Waals surface area contributed by atoms with E-state index in [-0.39, 0.29) is 0 Å². The van der Waals surface area contributed by atoms with Crippen LogP contribution in [0.25, 0.3) is 0 Å². The van der Waals surface area contributed by atoms with Gasteiger partial charge in [-0.1, -0.05) is 0 Å². The number of rotatable bonds is 5. The summed E-state index contributed by atoms with van der Waals surface area (Å²) in [6, 6.07) is 0. The van der Waals surface area contributed by atoms with Crippen LogP contribution >= 0.6 is 0 Å². The Bertz CT molecular complexity index is 105. The van der Waals surface area contributed by atoms with Crippen molar-refractivity contribution in [3.05, 3.63) is 0 Å². The van der Waals surface area contributed by atoms with Crippen molar-refractivity contribution >= 4 is 0 Å². The van der Waals surface area contributed by atoms with E-state index in [1.807, 2.05) is 0 Å². The third-order valence-electron chi connectivity index (χ3n) is 1.51. The first-order valence-electron chi connectivity index (χ1n) is 3.48. The Morgan fingerprint density at radius 1 is 0.667 bits per heavy atom. The highest BCUT2D eigenvalue weighted by atomic mass is 16.4. The van der Waals surface area contributed by atoms with Gasteiger partial charge < -0.3 is 30.6 Å². The molecule has 74 valence electrons. The van der Waals surface area contributed by atoms with Crippen molar-refractivity contribution in [2.45, 2.75) is 24.4 Å². The third kappa shape index (κ3) is 3.02. The van der Waals surface area contributed by atoms with E-state index in [1.54, 1.807) is 0 Å². The van der Waals surface area contributed by atoms with Crippen molar-refractivity contribution in [3.63, 3.8) is 0 Å². The minimum Gasteiger partial charge on any atom is -0.394 e. The van der Waals surface area contributed by atoms with Crippen LogP contribution in [-0.4, -0.2) is 68.3 Å². The zero-order chi connectivity index (χ0) is 9.72. The zero-order valence-corrected chi connectivity index (χ0v) is 6.41. The summed E-state index contributed by atoms with van der Waals surface area (Å²) in [5.74, 6) is 0. The van der Waals surface area contributed by atoms with Crippen molar-refractivity contribution in [2.75, 3.05) is 13.2 Å². The highest BCUT2D eigenvalue weighted by Gasteiger charge is 2.29. The SMILES string of the molecule is OCC(O)C(O)[C@@H](O)C(O)CO. The van der Waals surface area contributed by atoms with Crippen molar-refractivity contribution in [3.8, 4) is 0 Å². The summed E-state index contributed by atoms with van der Waals surface area (Å²) in [7, 11) is 0. The summed E-state index contributed by atoms with van der Waals surface area (Å²) >= 11 is 0. The topological polar surface area (TPSA) is 121 Å². The summed E-state index contributed by atoms with van der Waals surface area (Å²) in [5, 5.41) is 52.2. The van der Waals surface area contributed by atoms with Gasteiger partial charge in [0, 0.05) is 0 Å². The van der Waals surface area contributed by atoms with Crippen molar-refractivity contribution in [2.24, 2.45) is 0 Å². The zero-order valence-electron chi connectivity index (χ0n) is 6.41. The molecule has 0 aliphatic carbocycles. The normalized spacial score (nSPS) is 21.5. The van der Waals surface area contributed by atoms with Crippen LogP contribution in [0.15, 0.2) is 0 Å². The van der Waals surface area contributed by atoms with E-state index in [4.69, 9.17) is 30.6 Å². The van der Waals surface area contributed by atoms with E-state index in [0.717, 1.165) is 0 Å². The Kier molecular flexibility index (Phi) is 5.31. The van der Waals surface area contributed by atoms with Crippen LogP contribution in [0, 0.1) is 0 Å². The second-order valence-corrected chi connectivity index (χ2v) is 2.48. The van der Waals surface area contributed by atoms with Gasteiger partial charge in [0.05, 0.1) is 13.2 Å². The van der Waals surface area contributed by atoms with Crippen molar-refractivity contribution in [1.29, 1.82) is 0 Å². The fourth-order valence-electron chi connectivity index (χ4n) is 0.671. The van der Waals surface area contributed by atoms with Crippen LogP contribution in [0.3, 0.4) is 0 Å². The molecule has 4 atom stereocenters. The number of hydrogen-bond acceptors (Lipinski definition) is 6. The van der Waals surface area contributed by atoms with Crippen LogP contribution in [-0.2, 0) is 0 Å². The molecule has 0 radical (unpaired) electrons. The van der Waals surface area contributed by atoms with Crippen LogP contribution in [0.2, 0.25) is 0 Å². The maximum Gasteiger partial charge on any atom is 0.111 e. The summed E-state index contributed by atoms with van der Waals surface area (Å²) in [4.78, 5) is 0. The molecule has 0 aliphatic heterocycles. The molecule has 6 heteroatoms. The number of aliphatic hydroxyl groups is 6. The van der Waals surface area contributed by atoms with Gasteiger partial charge >= 0.3 is 0 Å². The Hall–Kier alpha value is -0.240. The first kappa shape index (κ1) is 11.8. The van der Waals surface area contributed by atoms with Gasteiger partial charge in [-0.3, -0.25) is 0 Å². The molecule has 3 unspecified atom stereocenters. The molecule has 6 nitrogen and oxygen atoms in total. The lowest BCUT2D eigenvalue weighted by Gasteiger charge is -2.24. The Labute approximate surface area is 69.3 Å². The summed E-state index contributed by atoms with van der Waals surface area (Å²) in [6.07, 6.45) is -6.39. The minimum atomic E-state index is -1.67. The Balaban J connectivity index is 3.99. The van der Waals surface area contributed by atoms with Crippen LogP contribution in [0.5, 0.6) is 0 Å². The molecular formula is C6H14O6. The predicted molar refractivity (Wildman–Crippen MR) is 38.2 cm³/mol. The molecular weight excluding hydrogens is 168 g/mol. The lowest BCUT2D eigenvalue weighted by molar-refractivity contribution is -0.123. The predicted octanol–water partition coefficient (Wildman–Crippen LogP) is -3.59. The average molecular weight is 182 g/mol. The molecule has 0 rings (SSSR count). The molecule has 0 saturated carbocycles. The first-order chi connectivity index (χ1) is 5.54. The van der Waals surface area contributed by atoms with Gasteiger partial charge in [-0.15, -0.1) is 0 Å². The first-order valence-corrected chi connectivity index (χ1v) is 3.48. The van der Waals surface area contributed by atoms with Gasteiger partial charge in [-0.25, -0.2) is 0 Å². The highest BCUT2D eigenvalue weighted by molar-refractivity contribution is 4.79. The molecule has 0 spiro atoms. The number of aliphatic hydroxyl groups excluding tert-OH is 6. The lowest BCUT2D eigenvalue weighted by Crippen LogP contribution is -2.46. The van der Waals surface area contributed by atoms with Gasteiger partial charge in [-0.05, 0) is 0 Å². The van der Waals surface area contributed by atoms with Crippen LogP contribution in [0.1, 0.15) is 0 Å². The largest absolute Gasteiger partial charge is 0.394 e. The van der Waals surface area contributed by atoms with E-state index in [1.165, 1.54) is 0 Å². The molecule has 0 aromatic carbocycles. The second-order valence-electron chi connectivity index (χ2n) is 2.48. The van der Waals surface area contributed by atoms with Crippen molar-refractivity contribution in [1.82, 2.24) is 0 Å². The van der Waals surface area contributed by atoms with E-state index in [2.05, 4.69) is 0 Å². The molecule has 0 aromatic heterocycles. The fourth-order valence-corrected chi connectivity index (χ4v) is 0.671. The maximum atomic E-state index is 8.96. The second kappa shape index (κ2) is 5.41. The smallest absolute Gasteiger partial charge is 0.111 e. The van der Waals surface area contributed by atoms with Crippen molar-refractivity contribution < 1.29 is 30.6 Å². The van der Waals surface area contributed by atoms with Gasteiger partial charge in [-0.2, -0.15) is 0 Å². The highest BCUT2D eigenvalue weighted by Crippen LogP contribution is 2.03. The van der Waals surface area contributed by atoms with Gasteiger partial charge in [0.2, 0.25) is 0 Å².